The topological polar surface area (TPSA) is 105 Å². The Morgan fingerprint density at radius 2 is 1.81 bits per heavy atom. The molecule has 2 fully saturated rings. The first-order valence-corrected chi connectivity index (χ1v) is 8.83. The molecule has 0 aromatic heterocycles. The quantitative estimate of drug-likeness (QED) is 0.713. The Bertz CT molecular complexity index is 646. The van der Waals surface area contributed by atoms with Crippen LogP contribution in [0, 0.1) is 11.3 Å². The fraction of sp³-hybridized carbons (Fsp3) is 0.778. The first kappa shape index (κ1) is 20.2. The van der Waals surface area contributed by atoms with Crippen molar-refractivity contribution < 1.29 is 23.9 Å². The van der Waals surface area contributed by atoms with E-state index < -0.39 is 41.0 Å². The van der Waals surface area contributed by atoms with Crippen LogP contribution in [-0.2, 0) is 19.1 Å². The predicted molar refractivity (Wildman–Crippen MR) is 94.0 cm³/mol. The molecule has 0 saturated carbocycles. The second-order valence-electron chi connectivity index (χ2n) is 9.40. The highest BCUT2D eigenvalue weighted by atomic mass is 16.6. The van der Waals surface area contributed by atoms with Gasteiger partial charge in [0.15, 0.2) is 0 Å². The van der Waals surface area contributed by atoms with Crippen LogP contribution >= 0.6 is 0 Å². The highest BCUT2D eigenvalue weighted by molar-refractivity contribution is 6.10. The first-order valence-electron chi connectivity index (χ1n) is 8.83. The maximum absolute atomic E-state index is 12.7. The van der Waals surface area contributed by atoms with E-state index in [0.29, 0.717) is 0 Å². The molecule has 2 aliphatic heterocycles. The molecule has 3 atom stereocenters. The molecular weight excluding hydrogens is 338 g/mol. The summed E-state index contributed by atoms with van der Waals surface area (Å²) in [6, 6.07) is -0.881. The largest absolute Gasteiger partial charge is 0.444 e. The number of likely N-dealkylation sites (tertiary alicyclic amines) is 1. The molecule has 146 valence electrons. The molecule has 0 aliphatic carbocycles. The van der Waals surface area contributed by atoms with Gasteiger partial charge in [-0.3, -0.25) is 19.3 Å². The minimum absolute atomic E-state index is 0.125. The SMILES string of the molecule is C[C@@H]1[C@H](NC(=O)OC(C)(C)C)C(=O)NC12CN(C(=O)CC(C)(C)C)C2=O. The third kappa shape index (κ3) is 3.83. The maximum Gasteiger partial charge on any atom is 0.408 e. The summed E-state index contributed by atoms with van der Waals surface area (Å²) in [5.74, 6) is -1.60. The molecule has 0 aromatic rings. The van der Waals surface area contributed by atoms with Crippen molar-refractivity contribution in [3.8, 4) is 0 Å². The Labute approximate surface area is 154 Å². The monoisotopic (exact) mass is 367 g/mol. The molecule has 1 unspecified atom stereocenters. The Morgan fingerprint density at radius 1 is 1.23 bits per heavy atom. The van der Waals surface area contributed by atoms with Gasteiger partial charge >= 0.3 is 6.09 Å². The maximum atomic E-state index is 12.7. The molecule has 2 saturated heterocycles. The van der Waals surface area contributed by atoms with Crippen molar-refractivity contribution in [2.45, 2.75) is 72.1 Å². The third-order valence-corrected chi connectivity index (χ3v) is 4.60. The van der Waals surface area contributed by atoms with E-state index in [1.807, 2.05) is 20.8 Å². The van der Waals surface area contributed by atoms with Crippen molar-refractivity contribution in [1.29, 1.82) is 0 Å². The van der Waals surface area contributed by atoms with E-state index in [1.54, 1.807) is 27.7 Å². The molecule has 4 amide bonds. The summed E-state index contributed by atoms with van der Waals surface area (Å²) in [7, 11) is 0. The number of carbonyl (C=O) groups is 4. The Hall–Kier alpha value is -2.12. The molecule has 0 aromatic carbocycles. The lowest BCUT2D eigenvalue weighted by Gasteiger charge is -2.48. The van der Waals surface area contributed by atoms with Crippen molar-refractivity contribution in [1.82, 2.24) is 15.5 Å². The Balaban J connectivity index is 2.05. The number of nitrogens with one attached hydrogen (secondary N) is 2. The van der Waals surface area contributed by atoms with Crippen LogP contribution in [0.5, 0.6) is 0 Å². The zero-order valence-electron chi connectivity index (χ0n) is 16.6. The second-order valence-corrected chi connectivity index (χ2v) is 9.40. The number of amides is 4. The van der Waals surface area contributed by atoms with Crippen LogP contribution < -0.4 is 10.6 Å². The highest BCUT2D eigenvalue weighted by Crippen LogP contribution is 2.38. The molecule has 2 rings (SSSR count). The van der Waals surface area contributed by atoms with Gasteiger partial charge in [0, 0.05) is 12.3 Å². The average Bonchev–Trinajstić information content (AvgIpc) is 2.67. The lowest BCUT2D eigenvalue weighted by molar-refractivity contribution is -0.165. The molecular formula is C18H29N3O5. The zero-order chi connectivity index (χ0) is 20.1. The summed E-state index contributed by atoms with van der Waals surface area (Å²) >= 11 is 0. The van der Waals surface area contributed by atoms with E-state index in [1.165, 1.54) is 4.90 Å². The van der Waals surface area contributed by atoms with Crippen molar-refractivity contribution in [3.05, 3.63) is 0 Å². The van der Waals surface area contributed by atoms with Crippen LogP contribution in [0.15, 0.2) is 0 Å². The smallest absolute Gasteiger partial charge is 0.408 e. The van der Waals surface area contributed by atoms with E-state index in [-0.39, 0.29) is 24.3 Å². The van der Waals surface area contributed by atoms with E-state index in [0.717, 1.165) is 0 Å². The summed E-state index contributed by atoms with van der Waals surface area (Å²) in [6.07, 6.45) is -0.467. The van der Waals surface area contributed by atoms with Crippen LogP contribution in [0.1, 0.15) is 54.9 Å². The van der Waals surface area contributed by atoms with Gasteiger partial charge < -0.3 is 15.4 Å². The molecule has 0 bridgehead atoms. The van der Waals surface area contributed by atoms with Crippen LogP contribution in [0.4, 0.5) is 4.79 Å². The van der Waals surface area contributed by atoms with Crippen molar-refractivity contribution in [3.63, 3.8) is 0 Å². The molecule has 1 spiro atoms. The van der Waals surface area contributed by atoms with Gasteiger partial charge in [-0.25, -0.2) is 4.79 Å². The van der Waals surface area contributed by atoms with Gasteiger partial charge in [0.2, 0.25) is 11.8 Å². The van der Waals surface area contributed by atoms with Gasteiger partial charge in [-0.1, -0.05) is 27.7 Å². The number of carbonyl (C=O) groups excluding carboxylic acids is 4. The average molecular weight is 367 g/mol. The molecule has 8 nitrogen and oxygen atoms in total. The number of hydrogen-bond acceptors (Lipinski definition) is 5. The Morgan fingerprint density at radius 3 is 2.27 bits per heavy atom. The molecule has 8 heteroatoms. The van der Waals surface area contributed by atoms with Gasteiger partial charge in [0.1, 0.15) is 17.2 Å². The van der Waals surface area contributed by atoms with Gasteiger partial charge in [-0.05, 0) is 26.2 Å². The molecule has 2 heterocycles. The van der Waals surface area contributed by atoms with Crippen molar-refractivity contribution in [2.75, 3.05) is 6.54 Å². The van der Waals surface area contributed by atoms with Gasteiger partial charge in [-0.2, -0.15) is 0 Å². The first-order chi connectivity index (χ1) is 11.7. The highest BCUT2D eigenvalue weighted by Gasteiger charge is 2.65. The number of alkyl carbamates (subject to hydrolysis) is 1. The number of ether oxygens (including phenoxy) is 1. The van der Waals surface area contributed by atoms with E-state index >= 15 is 0 Å². The summed E-state index contributed by atoms with van der Waals surface area (Å²) in [5.41, 5.74) is -2.06. The lowest BCUT2D eigenvalue weighted by atomic mass is 9.76. The molecule has 0 radical (unpaired) electrons. The number of hydrogen-bond donors (Lipinski definition) is 2. The third-order valence-electron chi connectivity index (χ3n) is 4.60. The predicted octanol–water partition coefficient (Wildman–Crippen LogP) is 1.19. The number of imide groups is 1. The normalized spacial score (nSPS) is 28.7. The summed E-state index contributed by atoms with van der Waals surface area (Å²) < 4.78 is 5.18. The second kappa shape index (κ2) is 6.25. The summed E-state index contributed by atoms with van der Waals surface area (Å²) in [5, 5.41) is 5.21. The van der Waals surface area contributed by atoms with Crippen LogP contribution in [0.25, 0.3) is 0 Å². The zero-order valence-corrected chi connectivity index (χ0v) is 16.6. The van der Waals surface area contributed by atoms with Crippen molar-refractivity contribution in [2.24, 2.45) is 11.3 Å². The Kier molecular flexibility index (Phi) is 4.85. The van der Waals surface area contributed by atoms with Crippen LogP contribution in [-0.4, -0.2) is 52.4 Å². The minimum atomic E-state index is -1.13. The number of rotatable bonds is 2. The van der Waals surface area contributed by atoms with Crippen LogP contribution in [0.2, 0.25) is 0 Å². The summed E-state index contributed by atoms with van der Waals surface area (Å²) in [4.78, 5) is 50.4. The van der Waals surface area contributed by atoms with Gasteiger partial charge in [0.05, 0.1) is 6.54 Å². The van der Waals surface area contributed by atoms with E-state index in [9.17, 15) is 19.2 Å². The minimum Gasteiger partial charge on any atom is -0.444 e. The number of β-lactam (4-membered cyclic amide) rings is 1. The molecule has 2 N–H and O–H groups in total. The standard InChI is InChI=1S/C18H29N3O5/c1-10-12(19-15(25)26-17(5,6)7)13(23)20-18(10)9-21(14(18)24)11(22)8-16(2,3)4/h10,12H,8-9H2,1-7H3,(H,19,25)(H,20,23)/t10-,12+,18?/m1/s1. The lowest BCUT2D eigenvalue weighted by Crippen LogP contribution is -2.75. The van der Waals surface area contributed by atoms with Gasteiger partial charge in [-0.15, -0.1) is 0 Å². The fourth-order valence-corrected chi connectivity index (χ4v) is 3.27. The van der Waals surface area contributed by atoms with E-state index in [4.69, 9.17) is 4.74 Å². The number of nitrogens with zero attached hydrogens (tertiary/aromatic N) is 1. The van der Waals surface area contributed by atoms with Gasteiger partial charge in [0.25, 0.3) is 5.91 Å². The van der Waals surface area contributed by atoms with Crippen LogP contribution in [0.3, 0.4) is 0 Å². The summed E-state index contributed by atoms with van der Waals surface area (Å²) in [6.45, 7) is 12.8. The fourth-order valence-electron chi connectivity index (χ4n) is 3.27. The molecule has 26 heavy (non-hydrogen) atoms. The molecule has 2 aliphatic rings. The van der Waals surface area contributed by atoms with E-state index in [2.05, 4.69) is 10.6 Å². The van der Waals surface area contributed by atoms with Crippen molar-refractivity contribution >= 4 is 23.8 Å².